The highest BCUT2D eigenvalue weighted by Crippen LogP contribution is 2.78. The number of hydrogen-bond acceptors (Lipinski definition) is 5. The first-order valence-electron chi connectivity index (χ1n) is 20.4. The summed E-state index contributed by atoms with van der Waals surface area (Å²) in [6.45, 7) is 25.5. The van der Waals surface area contributed by atoms with E-state index in [9.17, 15) is 19.5 Å². The molecule has 1 aromatic rings. The van der Waals surface area contributed by atoms with Gasteiger partial charge in [-0.1, -0.05) is 60.6 Å². The fraction of sp³-hybridized carbons (Fsp3) is 0.818. The number of aromatic nitrogens is 2. The summed E-state index contributed by atoms with van der Waals surface area (Å²) >= 11 is 0. The molecule has 0 aliphatic heterocycles. The molecule has 290 valence electrons. The number of carbonyl (C=O) groups excluding carboxylic acids is 2. The summed E-state index contributed by atoms with van der Waals surface area (Å²) in [5.41, 5.74) is 3.04. The highest BCUT2D eigenvalue weighted by molar-refractivity contribution is 5.77. The Morgan fingerprint density at radius 1 is 0.962 bits per heavy atom. The van der Waals surface area contributed by atoms with Crippen molar-refractivity contribution in [3.63, 3.8) is 0 Å². The molecule has 0 radical (unpaired) electrons. The van der Waals surface area contributed by atoms with Gasteiger partial charge in [-0.25, -0.2) is 0 Å². The van der Waals surface area contributed by atoms with E-state index in [0.717, 1.165) is 49.9 Å². The highest BCUT2D eigenvalue weighted by atomic mass is 16.5. The lowest BCUT2D eigenvalue weighted by Crippen LogP contribution is -2.67. The van der Waals surface area contributed by atoms with Gasteiger partial charge < -0.3 is 15.2 Å². The summed E-state index contributed by atoms with van der Waals surface area (Å²) < 4.78 is 8.15. The average Bonchev–Trinajstić information content (AvgIpc) is 3.55. The molecule has 1 aromatic heterocycles. The van der Waals surface area contributed by atoms with Crippen molar-refractivity contribution in [2.75, 3.05) is 0 Å². The molecule has 0 aromatic carbocycles. The van der Waals surface area contributed by atoms with Crippen LogP contribution in [0.15, 0.2) is 18.2 Å². The first kappa shape index (κ1) is 39.1. The predicted molar refractivity (Wildman–Crippen MR) is 204 cm³/mol. The Labute approximate surface area is 313 Å². The standard InChI is InChI=1S/C44H69N3O5/c1-27(2)30-14-19-44(23-35(48)45-26-29-22-28(3)46-47(29)11)21-20-42(9)31(38(30)44)12-13-33-41(8)17-16-34(40(6,7)32(41)15-18-43(33,42)10)52-37(51)25-39(4,5)24-36(49)50/h22,30-34,38H,1,12-21,23-26H2,2-11H3,(H,45,48)(H,49,50)/t30?,31-,32+,33-,34+,38-,41+,42-,43-,44-/m1/s1. The molecule has 8 heteroatoms. The molecule has 2 N–H and O–H groups in total. The van der Waals surface area contributed by atoms with Gasteiger partial charge in [0.25, 0.3) is 0 Å². The fourth-order valence-electron chi connectivity index (χ4n) is 14.2. The minimum absolute atomic E-state index is 0.0213. The van der Waals surface area contributed by atoms with Crippen molar-refractivity contribution >= 4 is 17.8 Å². The van der Waals surface area contributed by atoms with Crippen molar-refractivity contribution in [1.82, 2.24) is 15.1 Å². The number of aryl methyl sites for hydroxylation is 2. The summed E-state index contributed by atoms with van der Waals surface area (Å²) in [5.74, 6) is 1.57. The number of ether oxygens (including phenoxy) is 1. The quantitative estimate of drug-likeness (QED) is 0.184. The van der Waals surface area contributed by atoms with E-state index in [-0.39, 0.29) is 57.9 Å². The highest BCUT2D eigenvalue weighted by Gasteiger charge is 2.71. The van der Waals surface area contributed by atoms with Crippen LogP contribution in [0.25, 0.3) is 0 Å². The maximum atomic E-state index is 13.8. The normalized spacial score (nSPS) is 39.3. The van der Waals surface area contributed by atoms with Gasteiger partial charge in [-0.3, -0.25) is 19.1 Å². The van der Waals surface area contributed by atoms with Crippen LogP contribution >= 0.6 is 0 Å². The van der Waals surface area contributed by atoms with Gasteiger partial charge in [0.05, 0.1) is 30.8 Å². The number of carboxylic acid groups (broad SMARTS) is 1. The predicted octanol–water partition coefficient (Wildman–Crippen LogP) is 9.20. The summed E-state index contributed by atoms with van der Waals surface area (Å²) in [7, 11) is 1.94. The summed E-state index contributed by atoms with van der Waals surface area (Å²) in [6, 6.07) is 2.06. The Kier molecular flexibility index (Phi) is 9.98. The van der Waals surface area contributed by atoms with Gasteiger partial charge >= 0.3 is 11.9 Å². The zero-order chi connectivity index (χ0) is 38.2. The molecule has 1 unspecified atom stereocenters. The maximum Gasteiger partial charge on any atom is 0.306 e. The van der Waals surface area contributed by atoms with Crippen LogP contribution in [-0.2, 0) is 32.7 Å². The molecular formula is C44H69N3O5. The molecule has 10 atom stereocenters. The van der Waals surface area contributed by atoms with E-state index < -0.39 is 11.4 Å². The monoisotopic (exact) mass is 720 g/mol. The smallest absolute Gasteiger partial charge is 0.306 e. The molecule has 6 rings (SSSR count). The molecule has 5 saturated carbocycles. The number of nitrogens with zero attached hydrogens (tertiary/aromatic N) is 2. The topological polar surface area (TPSA) is 111 Å². The van der Waals surface area contributed by atoms with Crippen molar-refractivity contribution in [3.8, 4) is 0 Å². The van der Waals surface area contributed by atoms with Crippen molar-refractivity contribution in [1.29, 1.82) is 0 Å². The Bertz CT molecular complexity index is 1590. The van der Waals surface area contributed by atoms with Crippen molar-refractivity contribution in [3.05, 3.63) is 29.6 Å². The Balaban J connectivity index is 1.21. The van der Waals surface area contributed by atoms with E-state index in [1.807, 2.05) is 32.5 Å². The largest absolute Gasteiger partial charge is 0.481 e. The lowest BCUT2D eigenvalue weighted by Gasteiger charge is -2.73. The number of rotatable bonds is 10. The van der Waals surface area contributed by atoms with E-state index in [1.54, 1.807) is 0 Å². The minimum Gasteiger partial charge on any atom is -0.481 e. The molecule has 1 heterocycles. The zero-order valence-corrected chi connectivity index (χ0v) is 34.1. The van der Waals surface area contributed by atoms with E-state index in [4.69, 9.17) is 4.74 Å². The number of hydrogen-bond donors (Lipinski definition) is 2. The molecule has 5 aliphatic rings. The second-order valence-electron chi connectivity index (χ2n) is 20.7. The number of esters is 1. The molecule has 8 nitrogen and oxygen atoms in total. The second kappa shape index (κ2) is 13.3. The van der Waals surface area contributed by atoms with E-state index in [2.05, 4.69) is 64.6 Å². The van der Waals surface area contributed by atoms with Gasteiger partial charge in [-0.2, -0.15) is 5.10 Å². The molecule has 1 amide bonds. The third kappa shape index (κ3) is 6.37. The van der Waals surface area contributed by atoms with Crippen LogP contribution in [0.1, 0.15) is 150 Å². The molecule has 5 fully saturated rings. The lowest BCUT2D eigenvalue weighted by atomic mass is 9.32. The number of aliphatic carboxylic acids is 1. The summed E-state index contributed by atoms with van der Waals surface area (Å²) in [6.07, 6.45) is 11.7. The fourth-order valence-corrected chi connectivity index (χ4v) is 14.2. The first-order valence-corrected chi connectivity index (χ1v) is 20.4. The molecule has 52 heavy (non-hydrogen) atoms. The van der Waals surface area contributed by atoms with Crippen LogP contribution < -0.4 is 5.32 Å². The van der Waals surface area contributed by atoms with Gasteiger partial charge in [0, 0.05) is 18.9 Å². The van der Waals surface area contributed by atoms with Gasteiger partial charge in [-0.05, 0) is 141 Å². The van der Waals surface area contributed by atoms with Crippen LogP contribution in [0, 0.1) is 69.0 Å². The minimum atomic E-state index is -0.885. The van der Waals surface area contributed by atoms with Crippen LogP contribution in [0.2, 0.25) is 0 Å². The van der Waals surface area contributed by atoms with Crippen LogP contribution in [0.3, 0.4) is 0 Å². The number of nitrogens with one attached hydrogen (secondary N) is 1. The van der Waals surface area contributed by atoms with Crippen LogP contribution in [0.5, 0.6) is 0 Å². The maximum absolute atomic E-state index is 13.8. The third-order valence-corrected chi connectivity index (χ3v) is 16.8. The molecular weight excluding hydrogens is 651 g/mol. The summed E-state index contributed by atoms with van der Waals surface area (Å²) in [5, 5.41) is 17.1. The first-order chi connectivity index (χ1) is 24.1. The SMILES string of the molecule is C=C(C)C1CC[C@]2(CC(=O)NCc3cc(C)nn3C)CC[C@]3(C)[C@H](CC[C@@H]4[C@@]5(C)CC[C@H](OC(=O)CC(C)(C)CC(=O)O)C(C)(C)[C@@H]5CC[C@]43C)[C@@H]12. The van der Waals surface area contributed by atoms with Gasteiger partial charge in [0.1, 0.15) is 6.10 Å². The third-order valence-electron chi connectivity index (χ3n) is 16.8. The van der Waals surface area contributed by atoms with E-state index in [0.29, 0.717) is 42.6 Å². The number of allylic oxidation sites excluding steroid dienone is 1. The Morgan fingerprint density at radius 2 is 1.67 bits per heavy atom. The number of carbonyl (C=O) groups is 3. The average molecular weight is 720 g/mol. The van der Waals surface area contributed by atoms with Gasteiger partial charge in [0.15, 0.2) is 0 Å². The van der Waals surface area contributed by atoms with Crippen molar-refractivity contribution in [2.45, 2.75) is 158 Å². The molecule has 0 saturated heterocycles. The van der Waals surface area contributed by atoms with Gasteiger partial charge in [-0.15, -0.1) is 0 Å². The second-order valence-corrected chi connectivity index (χ2v) is 20.7. The van der Waals surface area contributed by atoms with E-state index >= 15 is 0 Å². The van der Waals surface area contributed by atoms with E-state index in [1.165, 1.54) is 31.3 Å². The number of amides is 1. The lowest BCUT2D eigenvalue weighted by molar-refractivity contribution is -0.250. The Morgan fingerprint density at radius 3 is 2.31 bits per heavy atom. The molecule has 0 bridgehead atoms. The number of fused-ring (bicyclic) bond motifs is 7. The van der Waals surface area contributed by atoms with Crippen molar-refractivity contribution < 1.29 is 24.2 Å². The summed E-state index contributed by atoms with van der Waals surface area (Å²) in [4.78, 5) is 38.4. The van der Waals surface area contributed by atoms with Gasteiger partial charge in [0.2, 0.25) is 5.91 Å². The van der Waals surface area contributed by atoms with Crippen LogP contribution in [-0.4, -0.2) is 38.8 Å². The number of carboxylic acids is 1. The molecule has 5 aliphatic carbocycles. The Hall–Kier alpha value is -2.64. The van der Waals surface area contributed by atoms with Crippen LogP contribution in [0.4, 0.5) is 0 Å². The molecule has 0 spiro atoms. The van der Waals surface area contributed by atoms with Crippen molar-refractivity contribution in [2.24, 2.45) is 69.1 Å². The zero-order valence-electron chi connectivity index (χ0n) is 34.1.